The van der Waals surface area contributed by atoms with Gasteiger partial charge in [-0.3, -0.25) is 14.2 Å². The third-order valence-corrected chi connectivity index (χ3v) is 9.13. The molecule has 0 spiro atoms. The van der Waals surface area contributed by atoms with Gasteiger partial charge in [0.25, 0.3) is 5.56 Å². The molecule has 8 nitrogen and oxygen atoms in total. The molecule has 0 N–H and O–H groups in total. The standard InChI is InChI=1S/C25H30N4O4S2/c1-17-12-13-19(35(32,33)27(3)4)15-22(17)29-24(31)20-10-5-6-11-21(20)26-25(29)34-16-23(30)28-14-8-7-9-18(28)2/h5-6,10-13,15,18H,7-9,14,16H2,1-4H3/t18-/m0/s1. The summed E-state index contributed by atoms with van der Waals surface area (Å²) >= 11 is 1.20. The van der Waals surface area contributed by atoms with Gasteiger partial charge in [0.05, 0.1) is 27.2 Å². The maximum absolute atomic E-state index is 13.6. The molecule has 1 fully saturated rings. The second kappa shape index (κ2) is 10.1. The molecule has 1 aliphatic heterocycles. The highest BCUT2D eigenvalue weighted by Gasteiger charge is 2.25. The van der Waals surface area contributed by atoms with Crippen molar-refractivity contribution in [2.24, 2.45) is 0 Å². The molecule has 0 aliphatic carbocycles. The van der Waals surface area contributed by atoms with Crippen molar-refractivity contribution in [2.45, 2.75) is 49.2 Å². The lowest BCUT2D eigenvalue weighted by molar-refractivity contribution is -0.131. The molecule has 1 aromatic heterocycles. The van der Waals surface area contributed by atoms with Crippen LogP contribution in [0.3, 0.4) is 0 Å². The van der Waals surface area contributed by atoms with Crippen molar-refractivity contribution in [3.8, 4) is 5.69 Å². The van der Waals surface area contributed by atoms with E-state index >= 15 is 0 Å². The van der Waals surface area contributed by atoms with Crippen LogP contribution in [0.15, 0.2) is 57.3 Å². The molecule has 2 heterocycles. The molecule has 35 heavy (non-hydrogen) atoms. The summed E-state index contributed by atoms with van der Waals surface area (Å²) in [6, 6.07) is 11.9. The van der Waals surface area contributed by atoms with E-state index in [1.54, 1.807) is 24.3 Å². The Morgan fingerprint density at radius 3 is 2.63 bits per heavy atom. The van der Waals surface area contributed by atoms with E-state index in [4.69, 9.17) is 4.98 Å². The zero-order chi connectivity index (χ0) is 25.3. The number of fused-ring (bicyclic) bond motifs is 1. The Hall–Kier alpha value is -2.69. The average Bonchev–Trinajstić information content (AvgIpc) is 2.83. The SMILES string of the molecule is Cc1ccc(S(=O)(=O)N(C)C)cc1-n1c(SCC(=O)N2CCCC[C@@H]2C)nc2ccccc2c1=O. The summed E-state index contributed by atoms with van der Waals surface area (Å²) < 4.78 is 28.2. The molecule has 1 saturated heterocycles. The van der Waals surface area contributed by atoms with Crippen LogP contribution in [0, 0.1) is 6.92 Å². The fourth-order valence-electron chi connectivity index (χ4n) is 4.30. The molecule has 1 atom stereocenters. The summed E-state index contributed by atoms with van der Waals surface area (Å²) in [4.78, 5) is 33.4. The molecular formula is C25H30N4O4S2. The average molecular weight is 515 g/mol. The van der Waals surface area contributed by atoms with Crippen molar-refractivity contribution in [1.82, 2.24) is 18.8 Å². The third kappa shape index (κ3) is 5.00. The Balaban J connectivity index is 1.82. The number of benzene rings is 2. The van der Waals surface area contributed by atoms with Gasteiger partial charge < -0.3 is 4.90 Å². The number of hydrogen-bond acceptors (Lipinski definition) is 6. The Bertz CT molecular complexity index is 1430. The molecule has 0 radical (unpaired) electrons. The maximum Gasteiger partial charge on any atom is 0.266 e. The lowest BCUT2D eigenvalue weighted by Gasteiger charge is -2.33. The smallest absolute Gasteiger partial charge is 0.266 e. The first-order chi connectivity index (χ1) is 16.6. The Labute approximate surface area is 210 Å². The van der Waals surface area contributed by atoms with Crippen molar-refractivity contribution in [3.63, 3.8) is 0 Å². The number of para-hydroxylation sites is 1. The fourth-order valence-corrected chi connectivity index (χ4v) is 6.11. The summed E-state index contributed by atoms with van der Waals surface area (Å²) in [5.74, 6) is 0.154. The number of carbonyl (C=O) groups is 1. The number of rotatable bonds is 6. The fraction of sp³-hybridized carbons (Fsp3) is 0.400. The van der Waals surface area contributed by atoms with Crippen LogP contribution in [0.2, 0.25) is 0 Å². The summed E-state index contributed by atoms with van der Waals surface area (Å²) in [7, 11) is -0.778. The first kappa shape index (κ1) is 25.4. The van der Waals surface area contributed by atoms with E-state index in [0.717, 1.165) is 35.7 Å². The van der Waals surface area contributed by atoms with Gasteiger partial charge in [0.2, 0.25) is 15.9 Å². The monoisotopic (exact) mass is 514 g/mol. The van der Waals surface area contributed by atoms with Crippen LogP contribution in [0.5, 0.6) is 0 Å². The van der Waals surface area contributed by atoms with Crippen LogP contribution in [-0.2, 0) is 14.8 Å². The van der Waals surface area contributed by atoms with Gasteiger partial charge in [0, 0.05) is 26.7 Å². The summed E-state index contributed by atoms with van der Waals surface area (Å²) in [5.41, 5.74) is 1.38. The number of sulfonamides is 1. The third-order valence-electron chi connectivity index (χ3n) is 6.39. The van der Waals surface area contributed by atoms with Crippen LogP contribution >= 0.6 is 11.8 Å². The van der Waals surface area contributed by atoms with Gasteiger partial charge in [-0.15, -0.1) is 0 Å². The zero-order valence-electron chi connectivity index (χ0n) is 20.4. The highest BCUT2D eigenvalue weighted by molar-refractivity contribution is 7.99. The Kier molecular flexibility index (Phi) is 7.35. The van der Waals surface area contributed by atoms with E-state index in [2.05, 4.69) is 6.92 Å². The number of hydrogen-bond donors (Lipinski definition) is 0. The van der Waals surface area contributed by atoms with Gasteiger partial charge in [0.1, 0.15) is 0 Å². The minimum atomic E-state index is -3.71. The molecule has 0 unspecified atom stereocenters. The van der Waals surface area contributed by atoms with Gasteiger partial charge >= 0.3 is 0 Å². The number of carbonyl (C=O) groups excluding carboxylic acids is 1. The highest BCUT2D eigenvalue weighted by atomic mass is 32.2. The van der Waals surface area contributed by atoms with E-state index in [-0.39, 0.29) is 28.2 Å². The van der Waals surface area contributed by atoms with Crippen LogP contribution in [-0.4, -0.2) is 65.5 Å². The summed E-state index contributed by atoms with van der Waals surface area (Å²) in [6.07, 6.45) is 3.10. The van der Waals surface area contributed by atoms with Crippen LogP contribution in [0.1, 0.15) is 31.7 Å². The highest BCUT2D eigenvalue weighted by Crippen LogP contribution is 2.27. The van der Waals surface area contributed by atoms with Gasteiger partial charge in [-0.1, -0.05) is 30.0 Å². The van der Waals surface area contributed by atoms with E-state index in [0.29, 0.717) is 21.7 Å². The molecule has 3 aromatic rings. The van der Waals surface area contributed by atoms with Crippen molar-refractivity contribution < 1.29 is 13.2 Å². The number of amides is 1. The van der Waals surface area contributed by atoms with Crippen LogP contribution in [0.25, 0.3) is 16.6 Å². The topological polar surface area (TPSA) is 92.6 Å². The van der Waals surface area contributed by atoms with Gasteiger partial charge in [-0.05, 0) is 62.9 Å². The minimum Gasteiger partial charge on any atom is -0.339 e. The molecule has 10 heteroatoms. The summed E-state index contributed by atoms with van der Waals surface area (Å²) in [6.45, 7) is 4.62. The molecule has 4 rings (SSSR count). The molecular weight excluding hydrogens is 484 g/mol. The minimum absolute atomic E-state index is 0.0109. The van der Waals surface area contributed by atoms with Gasteiger partial charge in [-0.2, -0.15) is 0 Å². The van der Waals surface area contributed by atoms with Gasteiger partial charge in [-0.25, -0.2) is 17.7 Å². The van der Waals surface area contributed by atoms with Gasteiger partial charge in [0.15, 0.2) is 5.16 Å². The lowest BCUT2D eigenvalue weighted by atomic mass is 10.0. The van der Waals surface area contributed by atoms with E-state index < -0.39 is 10.0 Å². The Morgan fingerprint density at radius 1 is 1.17 bits per heavy atom. The van der Waals surface area contributed by atoms with E-state index in [1.807, 2.05) is 17.9 Å². The van der Waals surface area contributed by atoms with Crippen LogP contribution in [0.4, 0.5) is 0 Å². The molecule has 0 saturated carbocycles. The van der Waals surface area contributed by atoms with Crippen molar-refractivity contribution in [2.75, 3.05) is 26.4 Å². The molecule has 1 aliphatic rings. The van der Waals surface area contributed by atoms with Crippen molar-refractivity contribution in [3.05, 3.63) is 58.4 Å². The number of likely N-dealkylation sites (tertiary alicyclic amines) is 1. The van der Waals surface area contributed by atoms with Crippen LogP contribution < -0.4 is 5.56 Å². The van der Waals surface area contributed by atoms with E-state index in [1.165, 1.54) is 42.6 Å². The predicted molar refractivity (Wildman–Crippen MR) is 139 cm³/mol. The number of piperidine rings is 1. The van der Waals surface area contributed by atoms with E-state index in [9.17, 15) is 18.0 Å². The second-order valence-electron chi connectivity index (χ2n) is 9.01. The Morgan fingerprint density at radius 2 is 1.91 bits per heavy atom. The normalized spacial score (nSPS) is 16.7. The lowest BCUT2D eigenvalue weighted by Crippen LogP contribution is -2.43. The molecule has 1 amide bonds. The first-order valence-electron chi connectivity index (χ1n) is 11.6. The molecule has 2 aromatic carbocycles. The number of thioether (sulfide) groups is 1. The first-order valence-corrected chi connectivity index (χ1v) is 14.0. The maximum atomic E-state index is 13.6. The number of aryl methyl sites for hydroxylation is 1. The molecule has 186 valence electrons. The molecule has 0 bridgehead atoms. The largest absolute Gasteiger partial charge is 0.339 e. The number of nitrogens with zero attached hydrogens (tertiary/aromatic N) is 4. The zero-order valence-corrected chi connectivity index (χ0v) is 22.0. The second-order valence-corrected chi connectivity index (χ2v) is 12.1. The van der Waals surface area contributed by atoms with Crippen molar-refractivity contribution in [1.29, 1.82) is 0 Å². The number of aromatic nitrogens is 2. The summed E-state index contributed by atoms with van der Waals surface area (Å²) in [5, 5.41) is 0.780. The quantitative estimate of drug-likeness (QED) is 0.370. The van der Waals surface area contributed by atoms with Crippen molar-refractivity contribution >= 4 is 38.6 Å². The predicted octanol–water partition coefficient (Wildman–Crippen LogP) is 3.44.